The van der Waals surface area contributed by atoms with Gasteiger partial charge in [-0.3, -0.25) is 0 Å². The van der Waals surface area contributed by atoms with Gasteiger partial charge in [0.2, 0.25) is 5.95 Å². The van der Waals surface area contributed by atoms with Crippen LogP contribution in [-0.2, 0) is 0 Å². The van der Waals surface area contributed by atoms with Gasteiger partial charge < -0.3 is 10.0 Å². The lowest BCUT2D eigenvalue weighted by molar-refractivity contribution is 0.0838. The Morgan fingerprint density at radius 3 is 2.72 bits per heavy atom. The molecule has 2 aromatic rings. The van der Waals surface area contributed by atoms with E-state index in [4.69, 9.17) is 0 Å². The largest absolute Gasteiger partial charge is 0.388 e. The summed E-state index contributed by atoms with van der Waals surface area (Å²) in [4.78, 5) is 2.01. The maximum atomic E-state index is 10.0. The fourth-order valence-corrected chi connectivity index (χ4v) is 2.23. The Balaban J connectivity index is 1.94. The van der Waals surface area contributed by atoms with Gasteiger partial charge in [0.05, 0.1) is 11.3 Å². The molecule has 1 aliphatic rings. The average molecular weight is 245 g/mol. The van der Waals surface area contributed by atoms with E-state index in [-0.39, 0.29) is 0 Å². The van der Waals surface area contributed by atoms with Crippen LogP contribution in [-0.4, -0.2) is 44.0 Å². The lowest BCUT2D eigenvalue weighted by atomic mass is 10.1. The van der Waals surface area contributed by atoms with Gasteiger partial charge in [0.25, 0.3) is 0 Å². The van der Waals surface area contributed by atoms with Crippen LogP contribution in [0, 0.1) is 0 Å². The second kappa shape index (κ2) is 4.06. The second-order valence-electron chi connectivity index (χ2n) is 4.89. The predicted molar refractivity (Wildman–Crippen MR) is 66.6 cm³/mol. The molecule has 0 amide bonds. The lowest BCUT2D eigenvalue weighted by Gasteiger charge is -2.19. The summed E-state index contributed by atoms with van der Waals surface area (Å²) < 4.78 is 1.70. The zero-order chi connectivity index (χ0) is 12.6. The van der Waals surface area contributed by atoms with Crippen molar-refractivity contribution in [3.8, 4) is 5.69 Å². The van der Waals surface area contributed by atoms with Crippen molar-refractivity contribution in [3.63, 3.8) is 0 Å². The first kappa shape index (κ1) is 11.2. The minimum absolute atomic E-state index is 0.556. The quantitative estimate of drug-likeness (QED) is 0.840. The van der Waals surface area contributed by atoms with Crippen LogP contribution in [0.25, 0.3) is 5.69 Å². The van der Waals surface area contributed by atoms with Crippen LogP contribution in [0.5, 0.6) is 0 Å². The summed E-state index contributed by atoms with van der Waals surface area (Å²) >= 11 is 0. The monoisotopic (exact) mass is 245 g/mol. The molecular weight excluding hydrogens is 230 g/mol. The average Bonchev–Trinajstić information content (AvgIpc) is 2.96. The number of nitrogens with zero attached hydrogens (tertiary/aromatic N) is 5. The zero-order valence-corrected chi connectivity index (χ0v) is 10.2. The van der Waals surface area contributed by atoms with Gasteiger partial charge in [-0.2, -0.15) is 4.68 Å². The van der Waals surface area contributed by atoms with E-state index in [9.17, 15) is 5.11 Å². The SMILES string of the molecule is CC1(O)CCN(c2nnnn2-c2ccccc2)C1. The molecule has 0 aliphatic carbocycles. The highest BCUT2D eigenvalue weighted by Crippen LogP contribution is 2.25. The van der Waals surface area contributed by atoms with Crippen LogP contribution in [0.1, 0.15) is 13.3 Å². The minimum Gasteiger partial charge on any atom is -0.388 e. The van der Waals surface area contributed by atoms with E-state index >= 15 is 0 Å². The molecule has 3 rings (SSSR count). The van der Waals surface area contributed by atoms with E-state index in [2.05, 4.69) is 15.5 Å². The van der Waals surface area contributed by atoms with Gasteiger partial charge in [0.1, 0.15) is 0 Å². The van der Waals surface area contributed by atoms with Crippen molar-refractivity contribution in [2.75, 3.05) is 18.0 Å². The van der Waals surface area contributed by atoms with E-state index in [0.717, 1.165) is 18.7 Å². The Kier molecular flexibility index (Phi) is 2.52. The fraction of sp³-hybridized carbons (Fsp3) is 0.417. The number of anilines is 1. The summed E-state index contributed by atoms with van der Waals surface area (Å²) in [5.41, 5.74) is 0.261. The standard InChI is InChI=1S/C12H15N5O/c1-12(18)7-8-16(9-12)11-13-14-15-17(11)10-5-3-2-4-6-10/h2-6,18H,7-9H2,1H3. The van der Waals surface area contributed by atoms with Crippen LogP contribution in [0.3, 0.4) is 0 Å². The summed E-state index contributed by atoms with van der Waals surface area (Å²) in [5.74, 6) is 0.680. The molecule has 1 N–H and O–H groups in total. The molecule has 18 heavy (non-hydrogen) atoms. The van der Waals surface area contributed by atoms with Gasteiger partial charge in [-0.15, -0.1) is 0 Å². The Morgan fingerprint density at radius 2 is 2.06 bits per heavy atom. The lowest BCUT2D eigenvalue weighted by Crippen LogP contribution is -2.31. The van der Waals surface area contributed by atoms with Crippen molar-refractivity contribution in [3.05, 3.63) is 30.3 Å². The van der Waals surface area contributed by atoms with Gasteiger partial charge in [0, 0.05) is 13.1 Å². The number of aliphatic hydroxyl groups is 1. The molecule has 1 aromatic carbocycles. The molecule has 6 heteroatoms. The first-order valence-electron chi connectivity index (χ1n) is 5.97. The van der Waals surface area contributed by atoms with Crippen molar-refractivity contribution in [1.29, 1.82) is 0 Å². The minimum atomic E-state index is -0.659. The molecular formula is C12H15N5O. The maximum Gasteiger partial charge on any atom is 0.250 e. The van der Waals surface area contributed by atoms with Crippen LogP contribution >= 0.6 is 0 Å². The van der Waals surface area contributed by atoms with Gasteiger partial charge in [-0.25, -0.2) is 0 Å². The number of aromatic nitrogens is 4. The van der Waals surface area contributed by atoms with E-state index in [0.29, 0.717) is 12.5 Å². The van der Waals surface area contributed by atoms with Crippen molar-refractivity contribution >= 4 is 5.95 Å². The highest BCUT2D eigenvalue weighted by molar-refractivity contribution is 5.41. The van der Waals surface area contributed by atoms with Crippen molar-refractivity contribution in [2.24, 2.45) is 0 Å². The van der Waals surface area contributed by atoms with Gasteiger partial charge in [-0.05, 0) is 35.9 Å². The fourth-order valence-electron chi connectivity index (χ4n) is 2.23. The van der Waals surface area contributed by atoms with Crippen LogP contribution < -0.4 is 4.90 Å². The van der Waals surface area contributed by atoms with Crippen LogP contribution in [0.4, 0.5) is 5.95 Å². The van der Waals surface area contributed by atoms with Crippen molar-refractivity contribution in [1.82, 2.24) is 20.2 Å². The van der Waals surface area contributed by atoms with Gasteiger partial charge in [-0.1, -0.05) is 23.3 Å². The molecule has 1 unspecified atom stereocenters. The van der Waals surface area contributed by atoms with E-state index in [1.54, 1.807) is 4.68 Å². The molecule has 2 heterocycles. The molecule has 6 nitrogen and oxygen atoms in total. The Morgan fingerprint density at radius 1 is 1.28 bits per heavy atom. The first-order valence-corrected chi connectivity index (χ1v) is 5.97. The molecule has 1 saturated heterocycles. The third kappa shape index (κ3) is 1.95. The molecule has 1 fully saturated rings. The van der Waals surface area contributed by atoms with Crippen molar-refractivity contribution in [2.45, 2.75) is 18.9 Å². The van der Waals surface area contributed by atoms with E-state index in [1.807, 2.05) is 42.2 Å². The number of β-amino-alcohol motifs (C(OH)–C–C–N with tert-alkyl or cyclic N) is 1. The Hall–Kier alpha value is -1.95. The number of tetrazole rings is 1. The van der Waals surface area contributed by atoms with E-state index in [1.165, 1.54) is 0 Å². The highest BCUT2D eigenvalue weighted by Gasteiger charge is 2.34. The topological polar surface area (TPSA) is 67.1 Å². The summed E-state index contributed by atoms with van der Waals surface area (Å²) in [6, 6.07) is 9.75. The highest BCUT2D eigenvalue weighted by atomic mass is 16.3. The number of rotatable bonds is 2. The molecule has 0 spiro atoms. The summed E-state index contributed by atoms with van der Waals surface area (Å²) in [6.45, 7) is 3.16. The Labute approximate surface area is 105 Å². The third-order valence-corrected chi connectivity index (χ3v) is 3.19. The van der Waals surface area contributed by atoms with E-state index < -0.39 is 5.60 Å². The van der Waals surface area contributed by atoms with Gasteiger partial charge in [0.15, 0.2) is 0 Å². The Bertz CT molecular complexity index is 536. The van der Waals surface area contributed by atoms with Crippen LogP contribution in [0.15, 0.2) is 30.3 Å². The molecule has 1 aromatic heterocycles. The maximum absolute atomic E-state index is 10.0. The molecule has 1 aliphatic heterocycles. The second-order valence-corrected chi connectivity index (χ2v) is 4.89. The predicted octanol–water partition coefficient (Wildman–Crippen LogP) is 0.623. The molecule has 94 valence electrons. The number of hydrogen-bond acceptors (Lipinski definition) is 5. The molecule has 1 atom stereocenters. The summed E-state index contributed by atoms with van der Waals surface area (Å²) in [5, 5.41) is 21.8. The molecule has 0 bridgehead atoms. The van der Waals surface area contributed by atoms with Crippen LogP contribution in [0.2, 0.25) is 0 Å². The third-order valence-electron chi connectivity index (χ3n) is 3.19. The van der Waals surface area contributed by atoms with Crippen molar-refractivity contribution < 1.29 is 5.11 Å². The number of benzene rings is 1. The summed E-state index contributed by atoms with van der Waals surface area (Å²) in [7, 11) is 0. The smallest absolute Gasteiger partial charge is 0.250 e. The molecule has 0 saturated carbocycles. The first-order chi connectivity index (χ1) is 8.66. The number of hydrogen-bond donors (Lipinski definition) is 1. The molecule has 0 radical (unpaired) electrons. The normalized spacial score (nSPS) is 23.6. The zero-order valence-electron chi connectivity index (χ0n) is 10.2. The van der Waals surface area contributed by atoms with Gasteiger partial charge >= 0.3 is 0 Å². The number of para-hydroxylation sites is 1. The summed E-state index contributed by atoms with van der Waals surface area (Å²) in [6.07, 6.45) is 0.731.